The first kappa shape index (κ1) is 24.0. The number of aryl methyl sites for hydroxylation is 1. The molecule has 0 aromatic heterocycles. The summed E-state index contributed by atoms with van der Waals surface area (Å²) in [5.41, 5.74) is 1.51. The first-order valence-electron chi connectivity index (χ1n) is 11.2. The standard InChI is InChI=1S/C28H26FNO5/c1-16(2)35-22-7-5-6-18(15-22)25-24(26(31)19-8-13-23(29)17(3)14-19)27(32)28(33)30(25)20-9-11-21(34-4)12-10-20/h5-16,25,31H,1-4H3/b26-24-. The van der Waals surface area contributed by atoms with Crippen LogP contribution >= 0.6 is 0 Å². The minimum atomic E-state index is -0.926. The summed E-state index contributed by atoms with van der Waals surface area (Å²) in [6.07, 6.45) is -0.0830. The number of ketones is 1. The van der Waals surface area contributed by atoms with Gasteiger partial charge in [-0.25, -0.2) is 4.39 Å². The Morgan fingerprint density at radius 2 is 1.71 bits per heavy atom. The van der Waals surface area contributed by atoms with Crippen molar-refractivity contribution in [3.63, 3.8) is 0 Å². The highest BCUT2D eigenvalue weighted by Crippen LogP contribution is 2.43. The molecule has 0 spiro atoms. The van der Waals surface area contributed by atoms with E-state index >= 15 is 0 Å². The Bertz CT molecular complexity index is 1310. The molecule has 0 bridgehead atoms. The van der Waals surface area contributed by atoms with Crippen molar-refractivity contribution in [3.05, 3.63) is 94.8 Å². The van der Waals surface area contributed by atoms with Crippen molar-refractivity contribution in [3.8, 4) is 11.5 Å². The summed E-state index contributed by atoms with van der Waals surface area (Å²) in [6, 6.07) is 16.9. The number of carbonyl (C=O) groups is 2. The van der Waals surface area contributed by atoms with Crippen LogP contribution < -0.4 is 14.4 Å². The Morgan fingerprint density at radius 3 is 2.34 bits per heavy atom. The van der Waals surface area contributed by atoms with Crippen LogP contribution in [0.1, 0.15) is 36.6 Å². The number of methoxy groups -OCH3 is 1. The molecular formula is C28H26FNO5. The summed E-state index contributed by atoms with van der Waals surface area (Å²) < 4.78 is 24.9. The fourth-order valence-electron chi connectivity index (χ4n) is 4.13. The number of rotatable bonds is 6. The molecule has 0 radical (unpaired) electrons. The van der Waals surface area contributed by atoms with Crippen LogP contribution in [-0.4, -0.2) is 30.0 Å². The SMILES string of the molecule is COc1ccc(N2C(=O)C(=O)/C(=C(\O)c3ccc(F)c(C)c3)C2c2cccc(OC(C)C)c2)cc1. The normalized spacial score (nSPS) is 17.2. The van der Waals surface area contributed by atoms with Crippen molar-refractivity contribution in [2.24, 2.45) is 0 Å². The zero-order valence-electron chi connectivity index (χ0n) is 19.9. The predicted molar refractivity (Wildman–Crippen MR) is 131 cm³/mol. The van der Waals surface area contributed by atoms with Gasteiger partial charge in [0.2, 0.25) is 0 Å². The molecule has 0 saturated carbocycles. The monoisotopic (exact) mass is 475 g/mol. The first-order chi connectivity index (χ1) is 16.7. The summed E-state index contributed by atoms with van der Waals surface area (Å²) in [6.45, 7) is 5.35. The molecule has 1 heterocycles. The summed E-state index contributed by atoms with van der Waals surface area (Å²) in [7, 11) is 1.53. The van der Waals surface area contributed by atoms with Gasteiger partial charge in [-0.1, -0.05) is 12.1 Å². The fourth-order valence-corrected chi connectivity index (χ4v) is 4.13. The van der Waals surface area contributed by atoms with Crippen molar-refractivity contribution in [2.45, 2.75) is 32.9 Å². The van der Waals surface area contributed by atoms with E-state index in [-0.39, 0.29) is 23.0 Å². The lowest BCUT2D eigenvalue weighted by molar-refractivity contribution is -0.132. The molecule has 180 valence electrons. The minimum Gasteiger partial charge on any atom is -0.507 e. The van der Waals surface area contributed by atoms with Crippen LogP contribution in [0.4, 0.5) is 10.1 Å². The molecule has 1 saturated heterocycles. The lowest BCUT2D eigenvalue weighted by Gasteiger charge is -2.26. The average molecular weight is 476 g/mol. The lowest BCUT2D eigenvalue weighted by Crippen LogP contribution is -2.29. The summed E-state index contributed by atoms with van der Waals surface area (Å²) in [5.74, 6) is -1.26. The maximum atomic E-state index is 13.9. The van der Waals surface area contributed by atoms with Gasteiger partial charge in [-0.05, 0) is 86.5 Å². The third kappa shape index (κ3) is 4.62. The number of benzene rings is 3. The smallest absolute Gasteiger partial charge is 0.300 e. The van der Waals surface area contributed by atoms with E-state index < -0.39 is 23.5 Å². The number of hydrogen-bond acceptors (Lipinski definition) is 5. The number of aliphatic hydroxyl groups is 1. The second-order valence-electron chi connectivity index (χ2n) is 8.57. The third-order valence-electron chi connectivity index (χ3n) is 5.77. The lowest BCUT2D eigenvalue weighted by atomic mass is 9.94. The minimum absolute atomic E-state index is 0.0830. The molecule has 1 amide bonds. The summed E-state index contributed by atoms with van der Waals surface area (Å²) >= 11 is 0. The van der Waals surface area contributed by atoms with Crippen molar-refractivity contribution in [1.82, 2.24) is 0 Å². The Morgan fingerprint density at radius 1 is 1.00 bits per heavy atom. The zero-order chi connectivity index (χ0) is 25.3. The third-order valence-corrected chi connectivity index (χ3v) is 5.77. The van der Waals surface area contributed by atoms with E-state index in [0.717, 1.165) is 0 Å². The molecule has 4 rings (SSSR count). The highest BCUT2D eigenvalue weighted by Gasteiger charge is 2.47. The maximum Gasteiger partial charge on any atom is 0.300 e. The Balaban J connectivity index is 1.92. The Labute approximate surface area is 203 Å². The molecule has 35 heavy (non-hydrogen) atoms. The van der Waals surface area contributed by atoms with E-state index in [1.165, 1.54) is 30.2 Å². The van der Waals surface area contributed by atoms with Gasteiger partial charge in [0.25, 0.3) is 11.7 Å². The van der Waals surface area contributed by atoms with Crippen LogP contribution in [0.5, 0.6) is 11.5 Å². The number of carbonyl (C=O) groups excluding carboxylic acids is 2. The van der Waals surface area contributed by atoms with Gasteiger partial charge in [0.1, 0.15) is 23.1 Å². The van der Waals surface area contributed by atoms with Crippen LogP contribution in [0.3, 0.4) is 0 Å². The largest absolute Gasteiger partial charge is 0.507 e. The molecule has 3 aromatic carbocycles. The van der Waals surface area contributed by atoms with E-state index in [9.17, 15) is 19.1 Å². The number of halogens is 1. The molecule has 1 aliphatic heterocycles. The van der Waals surface area contributed by atoms with Gasteiger partial charge in [-0.3, -0.25) is 14.5 Å². The first-order valence-corrected chi connectivity index (χ1v) is 11.2. The molecule has 1 atom stereocenters. The fraction of sp³-hybridized carbons (Fsp3) is 0.214. The second-order valence-corrected chi connectivity index (χ2v) is 8.57. The van der Waals surface area contributed by atoms with Gasteiger partial charge < -0.3 is 14.6 Å². The number of anilines is 1. The topological polar surface area (TPSA) is 76.1 Å². The second kappa shape index (κ2) is 9.62. The Hall–Kier alpha value is -4.13. The quantitative estimate of drug-likeness (QED) is 0.287. The van der Waals surface area contributed by atoms with Gasteiger partial charge in [0, 0.05) is 11.3 Å². The molecule has 1 N–H and O–H groups in total. The van der Waals surface area contributed by atoms with Crippen LogP contribution in [-0.2, 0) is 9.59 Å². The van der Waals surface area contributed by atoms with Crippen molar-refractivity contribution < 1.29 is 28.6 Å². The van der Waals surface area contributed by atoms with Gasteiger partial charge >= 0.3 is 0 Å². The van der Waals surface area contributed by atoms with Gasteiger partial charge in [0.05, 0.1) is 24.8 Å². The summed E-state index contributed by atoms with van der Waals surface area (Å²) in [5, 5.41) is 11.2. The van der Waals surface area contributed by atoms with Crippen LogP contribution in [0.25, 0.3) is 5.76 Å². The van der Waals surface area contributed by atoms with E-state index in [0.29, 0.717) is 28.3 Å². The molecule has 1 aliphatic rings. The number of nitrogens with zero attached hydrogens (tertiary/aromatic N) is 1. The number of amides is 1. The number of hydrogen-bond donors (Lipinski definition) is 1. The van der Waals surface area contributed by atoms with Crippen LogP contribution in [0.2, 0.25) is 0 Å². The molecule has 7 heteroatoms. The van der Waals surface area contributed by atoms with E-state index in [4.69, 9.17) is 9.47 Å². The molecule has 3 aromatic rings. The van der Waals surface area contributed by atoms with Crippen molar-refractivity contribution in [1.29, 1.82) is 0 Å². The van der Waals surface area contributed by atoms with Gasteiger partial charge in [0.15, 0.2) is 0 Å². The van der Waals surface area contributed by atoms with Crippen LogP contribution in [0, 0.1) is 12.7 Å². The van der Waals surface area contributed by atoms with E-state index in [1.807, 2.05) is 13.8 Å². The van der Waals surface area contributed by atoms with Gasteiger partial charge in [-0.2, -0.15) is 0 Å². The number of ether oxygens (including phenoxy) is 2. The van der Waals surface area contributed by atoms with Crippen molar-refractivity contribution in [2.75, 3.05) is 12.0 Å². The van der Waals surface area contributed by atoms with E-state index in [2.05, 4.69) is 0 Å². The highest BCUT2D eigenvalue weighted by molar-refractivity contribution is 6.51. The van der Waals surface area contributed by atoms with E-state index in [1.54, 1.807) is 55.5 Å². The van der Waals surface area contributed by atoms with Gasteiger partial charge in [-0.15, -0.1) is 0 Å². The maximum absolute atomic E-state index is 13.9. The van der Waals surface area contributed by atoms with Crippen molar-refractivity contribution >= 4 is 23.1 Å². The summed E-state index contributed by atoms with van der Waals surface area (Å²) in [4.78, 5) is 27.9. The molecular weight excluding hydrogens is 449 g/mol. The average Bonchev–Trinajstić information content (AvgIpc) is 3.10. The predicted octanol–water partition coefficient (Wildman–Crippen LogP) is 5.56. The highest BCUT2D eigenvalue weighted by atomic mass is 19.1. The number of Topliss-reactive ketones (excluding diaryl/α,β-unsaturated/α-hetero) is 1. The zero-order valence-corrected chi connectivity index (χ0v) is 19.9. The Kier molecular flexibility index (Phi) is 6.60. The molecule has 6 nitrogen and oxygen atoms in total. The number of aliphatic hydroxyl groups excluding tert-OH is 1. The molecule has 0 aliphatic carbocycles. The molecule has 1 unspecified atom stereocenters. The molecule has 1 fully saturated rings. The van der Waals surface area contributed by atoms with Crippen LogP contribution in [0.15, 0.2) is 72.3 Å².